The molecule has 0 saturated heterocycles. The molecule has 0 aliphatic heterocycles. The lowest BCUT2D eigenvalue weighted by atomic mass is 15.8. The van der Waals surface area contributed by atoms with E-state index in [1.54, 1.807) is 0 Å². The summed E-state index contributed by atoms with van der Waals surface area (Å²) in [6.45, 7) is 0. The van der Waals surface area contributed by atoms with Crippen LogP contribution in [0.25, 0.3) is 0 Å². The van der Waals surface area contributed by atoms with Crippen molar-refractivity contribution in [1.29, 1.82) is 0 Å². The molecule has 26 valence electrons. The topological polar surface area (TPSA) is 26.3 Å². The van der Waals surface area contributed by atoms with E-state index in [4.69, 9.17) is 0 Å². The van der Waals surface area contributed by atoms with Crippen molar-refractivity contribution in [2.24, 2.45) is 0 Å². The van der Waals surface area contributed by atoms with Crippen LogP contribution in [0.4, 0.5) is 0 Å². The minimum absolute atomic E-state index is 0.614. The number of hydrogen-bond donors (Lipinski definition) is 0. The molecule has 0 aromatic rings. The van der Waals surface area contributed by atoms with Gasteiger partial charge in [0.15, 0.2) is 19.2 Å². The lowest BCUT2D eigenvalue weighted by molar-refractivity contribution is 0.545. The van der Waals surface area contributed by atoms with Crippen LogP contribution in [0.15, 0.2) is 0 Å². The third-order valence-electron chi connectivity index (χ3n) is 0.0962. The van der Waals surface area contributed by atoms with E-state index in [0.717, 1.165) is 0 Å². The van der Waals surface area contributed by atoms with Gasteiger partial charge < -0.3 is 8.78 Å². The standard InChI is InChI=1S/H5O2PSi/c1-3-2-4/h3H2,4H3. The molecule has 0 rings (SSSR count). The van der Waals surface area contributed by atoms with E-state index in [1.807, 2.05) is 0 Å². The van der Waals surface area contributed by atoms with Gasteiger partial charge in [0, 0.05) is 0 Å². The third-order valence-corrected chi connectivity index (χ3v) is 0.866. The average molecular weight is 96.1 g/mol. The van der Waals surface area contributed by atoms with Crippen LogP contribution in [-0.2, 0) is 8.78 Å². The zero-order valence-corrected chi connectivity index (χ0v) is 5.55. The SMILES string of the molecule is O=[PH2]O[SiH3]. The fourth-order valence-electron chi connectivity index (χ4n) is 0. The summed E-state index contributed by atoms with van der Waals surface area (Å²) in [5.74, 6) is 0. The van der Waals surface area contributed by atoms with E-state index >= 15 is 0 Å². The monoisotopic (exact) mass is 96.0 g/mol. The molecule has 2 nitrogen and oxygen atoms in total. The summed E-state index contributed by atoms with van der Waals surface area (Å²) in [7, 11) is -0.292. The molecule has 0 N–H and O–H groups in total. The van der Waals surface area contributed by atoms with Crippen LogP contribution in [0.5, 0.6) is 0 Å². The second-order valence-corrected chi connectivity index (χ2v) is 2.41. The van der Waals surface area contributed by atoms with Gasteiger partial charge in [0.1, 0.15) is 0 Å². The summed E-state index contributed by atoms with van der Waals surface area (Å²) in [4.78, 5) is 0. The van der Waals surface area contributed by atoms with Gasteiger partial charge >= 0.3 is 0 Å². The van der Waals surface area contributed by atoms with Gasteiger partial charge in [-0.3, -0.25) is 0 Å². The Morgan fingerprint density at radius 1 is 2.00 bits per heavy atom. The third kappa shape index (κ3) is 2.41. The Balaban J connectivity index is 2.30. The molecule has 0 spiro atoms. The predicted molar refractivity (Wildman–Crippen MR) is 21.4 cm³/mol. The molecule has 0 fully saturated rings. The quantitative estimate of drug-likeness (QED) is 0.308. The summed E-state index contributed by atoms with van der Waals surface area (Å²) < 4.78 is 13.4. The minimum Gasteiger partial charge on any atom is -0.386 e. The van der Waals surface area contributed by atoms with Crippen molar-refractivity contribution in [2.45, 2.75) is 0 Å². The first-order valence-corrected chi connectivity index (χ1v) is 2.64. The Kier molecular flexibility index (Phi) is 3.75. The fourth-order valence-corrected chi connectivity index (χ4v) is 0. The van der Waals surface area contributed by atoms with Crippen LogP contribution in [0.3, 0.4) is 0 Å². The molecule has 0 radical (unpaired) electrons. The molecule has 1 unspecified atom stereocenters. The van der Waals surface area contributed by atoms with Crippen LogP contribution in [0.1, 0.15) is 0 Å². The highest BCUT2D eigenvalue weighted by Gasteiger charge is 1.43. The van der Waals surface area contributed by atoms with E-state index in [9.17, 15) is 4.57 Å². The van der Waals surface area contributed by atoms with Gasteiger partial charge in [0.2, 0.25) is 0 Å². The van der Waals surface area contributed by atoms with Crippen LogP contribution in [0, 0.1) is 0 Å². The highest BCUT2D eigenvalue weighted by molar-refractivity contribution is 7.18. The van der Waals surface area contributed by atoms with Crippen LogP contribution in [-0.4, -0.2) is 10.5 Å². The highest BCUT2D eigenvalue weighted by Crippen LogP contribution is 1.82. The summed E-state index contributed by atoms with van der Waals surface area (Å²) in [6, 6.07) is 0. The van der Waals surface area contributed by atoms with Gasteiger partial charge in [-0.1, -0.05) is 0 Å². The van der Waals surface area contributed by atoms with E-state index in [2.05, 4.69) is 4.21 Å². The van der Waals surface area contributed by atoms with Crippen molar-refractivity contribution >= 4 is 19.2 Å². The Morgan fingerprint density at radius 2 is 2.25 bits per heavy atom. The normalized spacial score (nSPS) is 11.0. The van der Waals surface area contributed by atoms with Crippen molar-refractivity contribution in [2.75, 3.05) is 0 Å². The lowest BCUT2D eigenvalue weighted by Gasteiger charge is -1.64. The molecule has 0 aliphatic carbocycles. The average Bonchev–Trinajstić information content (AvgIpc) is 1.37. The molecule has 0 amide bonds. The molecule has 0 saturated carbocycles. The fraction of sp³-hybridized carbons (Fsp3) is 0. The summed E-state index contributed by atoms with van der Waals surface area (Å²) >= 11 is 0. The molecular formula is H5O2PSi. The molecule has 4 heavy (non-hydrogen) atoms. The Hall–Kier alpha value is 0.407. The van der Waals surface area contributed by atoms with Crippen molar-refractivity contribution in [3.8, 4) is 0 Å². The maximum Gasteiger partial charge on any atom is 0.169 e. The largest absolute Gasteiger partial charge is 0.386 e. The van der Waals surface area contributed by atoms with Crippen molar-refractivity contribution in [1.82, 2.24) is 0 Å². The second kappa shape index (κ2) is 3.41. The zero-order chi connectivity index (χ0) is 3.41. The maximum absolute atomic E-state index is 9.19. The summed E-state index contributed by atoms with van der Waals surface area (Å²) in [5.41, 5.74) is 0. The molecule has 4 heteroatoms. The lowest BCUT2D eigenvalue weighted by Crippen LogP contribution is -1.48. The molecule has 0 bridgehead atoms. The summed E-state index contributed by atoms with van der Waals surface area (Å²) in [6.07, 6.45) is 0. The van der Waals surface area contributed by atoms with Crippen molar-refractivity contribution in [3.05, 3.63) is 0 Å². The molecule has 1 atom stereocenters. The Bertz CT molecular complexity index is 20.0. The first kappa shape index (κ1) is 4.41. The van der Waals surface area contributed by atoms with Gasteiger partial charge in [-0.25, -0.2) is 0 Å². The van der Waals surface area contributed by atoms with E-state index < -0.39 is 8.69 Å². The second-order valence-electron chi connectivity index (χ2n) is 0.332. The number of rotatable bonds is 1. The maximum atomic E-state index is 9.19. The molecule has 0 heterocycles. The molecular weight excluding hydrogens is 91.1 g/mol. The highest BCUT2D eigenvalue weighted by atomic mass is 31.1. The first-order valence-electron chi connectivity index (χ1n) is 0.880. The van der Waals surface area contributed by atoms with Crippen molar-refractivity contribution < 1.29 is 8.78 Å². The predicted octanol–water partition coefficient (Wildman–Crippen LogP) is -1.05. The zero-order valence-electron chi connectivity index (χ0n) is 2.39. The number of hydrogen-bond acceptors (Lipinski definition) is 2. The Labute approximate surface area is 29.0 Å². The van der Waals surface area contributed by atoms with Crippen LogP contribution in [0.2, 0.25) is 0 Å². The molecule has 0 aliphatic rings. The van der Waals surface area contributed by atoms with E-state index in [1.165, 1.54) is 0 Å². The van der Waals surface area contributed by atoms with E-state index in [-0.39, 0.29) is 0 Å². The Morgan fingerprint density at radius 3 is 2.25 bits per heavy atom. The molecule has 0 aromatic heterocycles. The van der Waals surface area contributed by atoms with Gasteiger partial charge in [-0.2, -0.15) is 0 Å². The molecule has 0 aromatic carbocycles. The van der Waals surface area contributed by atoms with Crippen LogP contribution < -0.4 is 0 Å². The van der Waals surface area contributed by atoms with Crippen molar-refractivity contribution in [3.63, 3.8) is 0 Å². The van der Waals surface area contributed by atoms with E-state index in [0.29, 0.717) is 10.5 Å². The van der Waals surface area contributed by atoms with Crippen LogP contribution >= 0.6 is 8.69 Å². The summed E-state index contributed by atoms with van der Waals surface area (Å²) in [5, 5.41) is 0. The minimum atomic E-state index is -0.906. The smallest absolute Gasteiger partial charge is 0.169 e. The van der Waals surface area contributed by atoms with Gasteiger partial charge in [0.05, 0.1) is 0 Å². The van der Waals surface area contributed by atoms with Gasteiger partial charge in [-0.05, 0) is 0 Å². The van der Waals surface area contributed by atoms with Gasteiger partial charge in [-0.15, -0.1) is 0 Å². The van der Waals surface area contributed by atoms with Gasteiger partial charge in [0.25, 0.3) is 0 Å². The first-order chi connectivity index (χ1) is 1.91.